The average molecular weight is 352 g/mol. The number of carbonyl (C=O) groups excluding carboxylic acids is 1. The van der Waals surface area contributed by atoms with Crippen molar-refractivity contribution in [3.05, 3.63) is 0 Å². The largest absolute Gasteiger partial charge is 0.340 e. The predicted molar refractivity (Wildman–Crippen MR) is 94.8 cm³/mol. The highest BCUT2D eigenvalue weighted by Crippen LogP contribution is 2.46. The van der Waals surface area contributed by atoms with Gasteiger partial charge in [0.15, 0.2) is 0 Å². The smallest absolute Gasteiger partial charge is 0.222 e. The molecule has 1 heterocycles. The van der Waals surface area contributed by atoms with Gasteiger partial charge in [0.25, 0.3) is 0 Å². The summed E-state index contributed by atoms with van der Waals surface area (Å²) in [4.78, 5) is 16.8. The Balaban J connectivity index is 0.00000121. The Labute approximate surface area is 147 Å². The Morgan fingerprint density at radius 3 is 2.32 bits per heavy atom. The molecule has 2 bridgehead atoms. The number of fused-ring (bicyclic) bond motifs is 2. The monoisotopic (exact) mass is 351 g/mol. The Hall–Kier alpha value is -0.0300. The molecule has 0 radical (unpaired) electrons. The van der Waals surface area contributed by atoms with Crippen molar-refractivity contribution in [2.45, 2.75) is 57.5 Å². The van der Waals surface area contributed by atoms with Gasteiger partial charge in [0.2, 0.25) is 5.91 Å². The zero-order valence-corrected chi connectivity index (χ0v) is 15.2. The van der Waals surface area contributed by atoms with Gasteiger partial charge in [-0.1, -0.05) is 6.42 Å². The normalized spacial score (nSPS) is 32.3. The standard InChI is InChI=1S/C16H29N3O.2ClH/c1-12(17)2-5-16(20)19-8-6-18(7-9-19)15-11-13-3-4-14(15)10-13;;/h12-15H,2-11,17H2,1H3;2*1H. The van der Waals surface area contributed by atoms with Crippen LogP contribution < -0.4 is 5.73 Å². The molecule has 0 aromatic carbocycles. The first-order valence-corrected chi connectivity index (χ1v) is 8.41. The van der Waals surface area contributed by atoms with E-state index in [2.05, 4.69) is 4.90 Å². The molecule has 6 heteroatoms. The van der Waals surface area contributed by atoms with Gasteiger partial charge in [-0.25, -0.2) is 0 Å². The lowest BCUT2D eigenvalue weighted by molar-refractivity contribution is -0.133. The number of nitrogens with zero attached hydrogens (tertiary/aromatic N) is 2. The van der Waals surface area contributed by atoms with Gasteiger partial charge in [-0.2, -0.15) is 0 Å². The summed E-state index contributed by atoms with van der Waals surface area (Å²) in [6.45, 7) is 5.98. The van der Waals surface area contributed by atoms with Crippen molar-refractivity contribution in [1.29, 1.82) is 0 Å². The summed E-state index contributed by atoms with van der Waals surface area (Å²) in [6, 6.07) is 0.962. The van der Waals surface area contributed by atoms with Crippen LogP contribution >= 0.6 is 24.8 Å². The first kappa shape index (κ1) is 20.0. The van der Waals surface area contributed by atoms with E-state index in [-0.39, 0.29) is 30.9 Å². The molecule has 4 nitrogen and oxygen atoms in total. The number of halogens is 2. The Bertz CT molecular complexity index is 359. The fourth-order valence-electron chi connectivity index (χ4n) is 4.47. The second-order valence-electron chi connectivity index (χ2n) is 7.17. The highest BCUT2D eigenvalue weighted by Gasteiger charge is 2.42. The molecule has 1 amide bonds. The molecule has 0 aromatic rings. The minimum Gasteiger partial charge on any atom is -0.340 e. The highest BCUT2D eigenvalue weighted by molar-refractivity contribution is 5.85. The second-order valence-corrected chi connectivity index (χ2v) is 7.17. The van der Waals surface area contributed by atoms with Crippen LogP contribution in [0.25, 0.3) is 0 Å². The minimum absolute atomic E-state index is 0. The van der Waals surface area contributed by atoms with Gasteiger partial charge in [0, 0.05) is 44.7 Å². The van der Waals surface area contributed by atoms with Crippen molar-refractivity contribution in [2.24, 2.45) is 17.6 Å². The van der Waals surface area contributed by atoms with Crippen molar-refractivity contribution in [1.82, 2.24) is 9.80 Å². The van der Waals surface area contributed by atoms with Crippen LogP contribution in [0.1, 0.15) is 45.4 Å². The quantitative estimate of drug-likeness (QED) is 0.845. The summed E-state index contributed by atoms with van der Waals surface area (Å²) in [5.74, 6) is 2.27. The maximum atomic E-state index is 12.1. The third-order valence-electron chi connectivity index (χ3n) is 5.65. The number of piperazine rings is 1. The van der Waals surface area contributed by atoms with E-state index in [1.54, 1.807) is 0 Å². The zero-order valence-electron chi connectivity index (χ0n) is 13.6. The van der Waals surface area contributed by atoms with E-state index in [0.29, 0.717) is 12.3 Å². The number of amides is 1. The van der Waals surface area contributed by atoms with Crippen LogP contribution in [0.15, 0.2) is 0 Å². The van der Waals surface area contributed by atoms with Gasteiger partial charge in [-0.3, -0.25) is 9.69 Å². The van der Waals surface area contributed by atoms with Crippen LogP contribution in [0.3, 0.4) is 0 Å². The number of nitrogens with two attached hydrogens (primary N) is 1. The van der Waals surface area contributed by atoms with Crippen molar-refractivity contribution < 1.29 is 4.79 Å². The maximum Gasteiger partial charge on any atom is 0.222 e. The van der Waals surface area contributed by atoms with Gasteiger partial charge in [-0.15, -0.1) is 24.8 Å². The van der Waals surface area contributed by atoms with Gasteiger partial charge in [-0.05, 0) is 44.4 Å². The summed E-state index contributed by atoms with van der Waals surface area (Å²) in [6.07, 6.45) is 7.23. The Morgan fingerprint density at radius 1 is 1.14 bits per heavy atom. The Morgan fingerprint density at radius 2 is 1.82 bits per heavy atom. The van der Waals surface area contributed by atoms with Gasteiger partial charge < -0.3 is 10.6 Å². The molecular weight excluding hydrogens is 321 g/mol. The van der Waals surface area contributed by atoms with Crippen LogP contribution in [0.5, 0.6) is 0 Å². The van der Waals surface area contributed by atoms with Crippen molar-refractivity contribution >= 4 is 30.7 Å². The Kier molecular flexibility index (Phi) is 7.93. The second kappa shape index (κ2) is 8.72. The van der Waals surface area contributed by atoms with E-state index in [1.807, 2.05) is 11.8 Å². The molecule has 22 heavy (non-hydrogen) atoms. The van der Waals surface area contributed by atoms with E-state index < -0.39 is 0 Å². The molecule has 2 saturated carbocycles. The summed E-state index contributed by atoms with van der Waals surface area (Å²) in [5.41, 5.74) is 5.73. The third kappa shape index (κ3) is 4.50. The number of rotatable bonds is 4. The van der Waals surface area contributed by atoms with Gasteiger partial charge in [0.1, 0.15) is 0 Å². The number of hydrogen-bond donors (Lipinski definition) is 1. The van der Waals surface area contributed by atoms with E-state index in [9.17, 15) is 4.79 Å². The highest BCUT2D eigenvalue weighted by atomic mass is 35.5. The van der Waals surface area contributed by atoms with E-state index in [1.165, 1.54) is 25.7 Å². The van der Waals surface area contributed by atoms with Crippen LogP contribution in [0.4, 0.5) is 0 Å². The lowest BCUT2D eigenvalue weighted by atomic mass is 9.93. The minimum atomic E-state index is 0. The molecule has 4 unspecified atom stereocenters. The van der Waals surface area contributed by atoms with Crippen LogP contribution in [-0.4, -0.2) is 54.0 Å². The van der Waals surface area contributed by atoms with Crippen molar-refractivity contribution in [3.8, 4) is 0 Å². The van der Waals surface area contributed by atoms with Gasteiger partial charge in [0.05, 0.1) is 0 Å². The zero-order chi connectivity index (χ0) is 14.1. The molecule has 0 aromatic heterocycles. The van der Waals surface area contributed by atoms with Crippen molar-refractivity contribution in [2.75, 3.05) is 26.2 Å². The average Bonchev–Trinajstić information content (AvgIpc) is 3.07. The SMILES string of the molecule is CC(N)CCC(=O)N1CCN(C2CC3CCC2C3)CC1.Cl.Cl. The fourth-order valence-corrected chi connectivity index (χ4v) is 4.47. The molecule has 3 rings (SSSR count). The van der Waals surface area contributed by atoms with E-state index in [0.717, 1.165) is 50.5 Å². The lowest BCUT2D eigenvalue weighted by Gasteiger charge is -2.41. The molecule has 3 fully saturated rings. The summed E-state index contributed by atoms with van der Waals surface area (Å²) in [5, 5.41) is 0. The summed E-state index contributed by atoms with van der Waals surface area (Å²) < 4.78 is 0. The maximum absolute atomic E-state index is 12.1. The molecule has 4 atom stereocenters. The number of hydrogen-bond acceptors (Lipinski definition) is 3. The van der Waals surface area contributed by atoms with Crippen molar-refractivity contribution in [3.63, 3.8) is 0 Å². The predicted octanol–water partition coefficient (Wildman–Crippen LogP) is 2.29. The topological polar surface area (TPSA) is 49.6 Å². The molecule has 0 spiro atoms. The molecule has 1 saturated heterocycles. The lowest BCUT2D eigenvalue weighted by Crippen LogP contribution is -2.53. The molecule has 2 N–H and O–H groups in total. The van der Waals surface area contributed by atoms with E-state index in [4.69, 9.17) is 5.73 Å². The van der Waals surface area contributed by atoms with Crippen LogP contribution in [-0.2, 0) is 4.79 Å². The molecular formula is C16H31Cl2N3O. The van der Waals surface area contributed by atoms with Crippen LogP contribution in [0.2, 0.25) is 0 Å². The molecule has 3 aliphatic rings. The van der Waals surface area contributed by atoms with Crippen LogP contribution in [0, 0.1) is 11.8 Å². The first-order valence-electron chi connectivity index (χ1n) is 8.41. The fraction of sp³-hybridized carbons (Fsp3) is 0.938. The molecule has 130 valence electrons. The molecule has 2 aliphatic carbocycles. The van der Waals surface area contributed by atoms with Gasteiger partial charge >= 0.3 is 0 Å². The molecule has 1 aliphatic heterocycles. The third-order valence-corrected chi connectivity index (χ3v) is 5.65. The number of carbonyl (C=O) groups is 1. The summed E-state index contributed by atoms with van der Waals surface area (Å²) in [7, 11) is 0. The van der Waals surface area contributed by atoms with E-state index >= 15 is 0 Å². The summed E-state index contributed by atoms with van der Waals surface area (Å²) >= 11 is 0. The first-order chi connectivity index (χ1) is 9.63.